The van der Waals surface area contributed by atoms with Crippen molar-refractivity contribution in [3.8, 4) is 11.4 Å². The zero-order valence-corrected chi connectivity index (χ0v) is 15.5. The first-order valence-corrected chi connectivity index (χ1v) is 9.06. The lowest BCUT2D eigenvalue weighted by molar-refractivity contribution is -0.385. The summed E-state index contributed by atoms with van der Waals surface area (Å²) in [5.74, 6) is 0.521. The maximum atomic E-state index is 12.6. The van der Waals surface area contributed by atoms with Crippen LogP contribution in [0.3, 0.4) is 0 Å². The van der Waals surface area contributed by atoms with E-state index in [4.69, 9.17) is 11.6 Å². The second-order valence-electron chi connectivity index (χ2n) is 6.57. The third-order valence-electron chi connectivity index (χ3n) is 4.74. The molecule has 0 atom stereocenters. The summed E-state index contributed by atoms with van der Waals surface area (Å²) in [5.41, 5.74) is 2.52. The van der Waals surface area contributed by atoms with Gasteiger partial charge in [0.2, 0.25) is 0 Å². The number of aromatic amines is 1. The van der Waals surface area contributed by atoms with Crippen LogP contribution in [0.1, 0.15) is 16.8 Å². The number of hydrogen-bond donors (Lipinski definition) is 1. The zero-order chi connectivity index (χ0) is 19.7. The van der Waals surface area contributed by atoms with Crippen molar-refractivity contribution in [1.29, 1.82) is 0 Å². The molecule has 1 N–H and O–H groups in total. The summed E-state index contributed by atoms with van der Waals surface area (Å²) >= 11 is 5.88. The SMILES string of the molecule is O=c1[nH]c(-c2ccncc2)nc2c1CN(Cc1ccc(Cl)cc1[N+](=O)[O-])CC2. The van der Waals surface area contributed by atoms with Gasteiger partial charge in [-0.1, -0.05) is 11.6 Å². The van der Waals surface area contributed by atoms with Gasteiger partial charge in [0.05, 0.1) is 16.2 Å². The van der Waals surface area contributed by atoms with Gasteiger partial charge >= 0.3 is 0 Å². The summed E-state index contributed by atoms with van der Waals surface area (Å²) in [6.07, 6.45) is 3.89. The summed E-state index contributed by atoms with van der Waals surface area (Å²) < 4.78 is 0. The van der Waals surface area contributed by atoms with E-state index in [0.717, 1.165) is 11.3 Å². The van der Waals surface area contributed by atoms with Crippen LogP contribution in [0.2, 0.25) is 5.02 Å². The monoisotopic (exact) mass is 397 g/mol. The number of pyridine rings is 1. The lowest BCUT2D eigenvalue weighted by Gasteiger charge is -2.27. The number of hydrogen-bond acceptors (Lipinski definition) is 6. The minimum Gasteiger partial charge on any atom is -0.306 e. The Morgan fingerprint density at radius 2 is 2.04 bits per heavy atom. The molecule has 0 aliphatic carbocycles. The molecule has 9 heteroatoms. The maximum Gasteiger partial charge on any atom is 0.275 e. The largest absolute Gasteiger partial charge is 0.306 e. The van der Waals surface area contributed by atoms with E-state index in [-0.39, 0.29) is 11.2 Å². The molecule has 1 aliphatic heterocycles. The minimum atomic E-state index is -0.436. The molecule has 4 rings (SSSR count). The average molecular weight is 398 g/mol. The predicted octanol–water partition coefficient (Wildman–Crippen LogP) is 2.95. The molecule has 8 nitrogen and oxygen atoms in total. The van der Waals surface area contributed by atoms with Gasteiger partial charge in [-0.2, -0.15) is 0 Å². The fraction of sp³-hybridized carbons (Fsp3) is 0.211. The Bertz CT molecular complexity index is 1100. The van der Waals surface area contributed by atoms with Crippen LogP contribution in [-0.4, -0.2) is 31.3 Å². The van der Waals surface area contributed by atoms with E-state index >= 15 is 0 Å². The molecule has 0 radical (unpaired) electrons. The van der Waals surface area contributed by atoms with E-state index in [1.165, 1.54) is 6.07 Å². The van der Waals surface area contributed by atoms with Crippen molar-refractivity contribution in [2.45, 2.75) is 19.5 Å². The van der Waals surface area contributed by atoms with Crippen molar-refractivity contribution in [3.63, 3.8) is 0 Å². The fourth-order valence-electron chi connectivity index (χ4n) is 3.34. The number of aromatic nitrogens is 3. The van der Waals surface area contributed by atoms with Gasteiger partial charge in [-0.15, -0.1) is 0 Å². The van der Waals surface area contributed by atoms with Crippen molar-refractivity contribution in [3.05, 3.63) is 85.0 Å². The van der Waals surface area contributed by atoms with E-state index in [1.54, 1.807) is 36.7 Å². The van der Waals surface area contributed by atoms with Crippen molar-refractivity contribution >= 4 is 17.3 Å². The fourth-order valence-corrected chi connectivity index (χ4v) is 3.51. The van der Waals surface area contributed by atoms with Crippen molar-refractivity contribution in [2.75, 3.05) is 6.54 Å². The van der Waals surface area contributed by atoms with Gasteiger partial charge in [-0.3, -0.25) is 24.8 Å². The molecule has 0 saturated heterocycles. The lowest BCUT2D eigenvalue weighted by Crippen LogP contribution is -2.35. The quantitative estimate of drug-likeness (QED) is 0.536. The van der Waals surface area contributed by atoms with Crippen molar-refractivity contribution in [2.24, 2.45) is 0 Å². The Morgan fingerprint density at radius 3 is 2.79 bits per heavy atom. The molecule has 0 saturated carbocycles. The molecule has 28 heavy (non-hydrogen) atoms. The highest BCUT2D eigenvalue weighted by Crippen LogP contribution is 2.26. The third kappa shape index (κ3) is 3.64. The van der Waals surface area contributed by atoms with Crippen LogP contribution in [0, 0.1) is 10.1 Å². The standard InChI is InChI=1S/C19H16ClN5O3/c20-14-2-1-13(17(9-14)25(27)28)10-24-8-5-16-15(11-24)19(26)23-18(22-16)12-3-6-21-7-4-12/h1-4,6-7,9H,5,8,10-11H2,(H,22,23,26). The van der Waals surface area contributed by atoms with E-state index < -0.39 is 4.92 Å². The first-order valence-electron chi connectivity index (χ1n) is 8.69. The van der Waals surface area contributed by atoms with Gasteiger partial charge in [-0.25, -0.2) is 4.98 Å². The number of fused-ring (bicyclic) bond motifs is 1. The molecule has 0 amide bonds. The first-order chi connectivity index (χ1) is 13.5. The molecule has 0 fully saturated rings. The molecular weight excluding hydrogens is 382 g/mol. The van der Waals surface area contributed by atoms with Crippen LogP contribution in [0.15, 0.2) is 47.5 Å². The van der Waals surface area contributed by atoms with Gasteiger partial charge in [0.15, 0.2) is 0 Å². The number of H-pyrrole nitrogens is 1. The Kier molecular flexibility index (Phi) is 4.89. The van der Waals surface area contributed by atoms with Gasteiger partial charge in [0.25, 0.3) is 11.2 Å². The van der Waals surface area contributed by atoms with E-state index in [9.17, 15) is 14.9 Å². The molecule has 3 heterocycles. The summed E-state index contributed by atoms with van der Waals surface area (Å²) in [4.78, 5) is 36.9. The van der Waals surface area contributed by atoms with Crippen molar-refractivity contribution in [1.82, 2.24) is 19.9 Å². The topological polar surface area (TPSA) is 105 Å². The van der Waals surface area contributed by atoms with Gasteiger partial charge in [0, 0.05) is 60.7 Å². The lowest BCUT2D eigenvalue weighted by atomic mass is 10.0. The van der Waals surface area contributed by atoms with Crippen LogP contribution in [0.5, 0.6) is 0 Å². The minimum absolute atomic E-state index is 0.0154. The van der Waals surface area contributed by atoms with Gasteiger partial charge in [-0.05, 0) is 24.3 Å². The molecule has 3 aromatic rings. The summed E-state index contributed by atoms with van der Waals surface area (Å²) in [6.45, 7) is 1.39. The zero-order valence-electron chi connectivity index (χ0n) is 14.8. The third-order valence-corrected chi connectivity index (χ3v) is 4.97. The van der Waals surface area contributed by atoms with E-state index in [1.807, 2.05) is 4.90 Å². The highest BCUT2D eigenvalue weighted by atomic mass is 35.5. The first kappa shape index (κ1) is 18.3. The highest BCUT2D eigenvalue weighted by molar-refractivity contribution is 6.30. The number of nitrogens with one attached hydrogen (secondary N) is 1. The molecule has 1 aromatic carbocycles. The van der Waals surface area contributed by atoms with Crippen LogP contribution >= 0.6 is 11.6 Å². The van der Waals surface area contributed by atoms with Crippen LogP contribution in [0.4, 0.5) is 5.69 Å². The smallest absolute Gasteiger partial charge is 0.275 e. The summed E-state index contributed by atoms with van der Waals surface area (Å²) in [6, 6.07) is 8.23. The normalized spacial score (nSPS) is 13.9. The number of halogens is 1. The molecule has 0 unspecified atom stereocenters. The van der Waals surface area contributed by atoms with Gasteiger partial charge in [0.1, 0.15) is 5.82 Å². The number of nitrogens with zero attached hydrogens (tertiary/aromatic N) is 4. The second kappa shape index (κ2) is 7.49. The summed E-state index contributed by atoms with van der Waals surface area (Å²) in [5, 5.41) is 11.6. The highest BCUT2D eigenvalue weighted by Gasteiger charge is 2.24. The predicted molar refractivity (Wildman–Crippen MR) is 104 cm³/mol. The van der Waals surface area contributed by atoms with E-state index in [2.05, 4.69) is 15.0 Å². The van der Waals surface area contributed by atoms with Crippen LogP contribution in [0.25, 0.3) is 11.4 Å². The Morgan fingerprint density at radius 1 is 1.25 bits per heavy atom. The molecule has 0 spiro atoms. The number of nitro benzene ring substituents is 1. The van der Waals surface area contributed by atoms with Crippen LogP contribution < -0.4 is 5.56 Å². The molecule has 2 aromatic heterocycles. The van der Waals surface area contributed by atoms with Crippen molar-refractivity contribution < 1.29 is 4.92 Å². The Labute approximate surface area is 165 Å². The number of nitro groups is 1. The van der Waals surface area contributed by atoms with Crippen LogP contribution in [-0.2, 0) is 19.5 Å². The molecule has 0 bridgehead atoms. The Hall–Kier alpha value is -3.10. The number of benzene rings is 1. The average Bonchev–Trinajstić information content (AvgIpc) is 2.70. The number of rotatable bonds is 4. The second-order valence-corrected chi connectivity index (χ2v) is 7.00. The van der Waals surface area contributed by atoms with E-state index in [0.29, 0.717) is 48.0 Å². The Balaban J connectivity index is 1.59. The molecular formula is C19H16ClN5O3. The van der Waals surface area contributed by atoms with Gasteiger partial charge < -0.3 is 4.98 Å². The molecule has 1 aliphatic rings. The maximum absolute atomic E-state index is 12.6. The summed E-state index contributed by atoms with van der Waals surface area (Å²) in [7, 11) is 0. The molecule has 142 valence electrons.